The molecule has 1 heterocycles. The summed E-state index contributed by atoms with van der Waals surface area (Å²) in [5.41, 5.74) is 1.87. The van der Waals surface area contributed by atoms with Gasteiger partial charge in [0.05, 0.1) is 12.7 Å². The molecule has 2 unspecified atom stereocenters. The smallest absolute Gasteiger partial charge is 0.161 e. The van der Waals surface area contributed by atoms with Gasteiger partial charge in [-0.25, -0.2) is 0 Å². The van der Waals surface area contributed by atoms with Crippen LogP contribution in [0, 0.1) is 5.92 Å². The number of likely N-dealkylation sites (N-methyl/N-ethyl adjacent to an activating group) is 1. The average molecular weight is 291 g/mol. The Kier molecular flexibility index (Phi) is 4.36. The molecule has 4 heteroatoms. The molecule has 3 rings (SSSR count). The molecule has 0 aromatic heterocycles. The first-order chi connectivity index (χ1) is 10.2. The van der Waals surface area contributed by atoms with Gasteiger partial charge in [0.1, 0.15) is 0 Å². The molecule has 2 aliphatic rings. The lowest BCUT2D eigenvalue weighted by Gasteiger charge is -2.35. The van der Waals surface area contributed by atoms with Crippen molar-refractivity contribution in [1.82, 2.24) is 5.32 Å². The fourth-order valence-electron chi connectivity index (χ4n) is 3.94. The molecule has 1 aliphatic carbocycles. The zero-order chi connectivity index (χ0) is 14.8. The number of rotatable bonds is 4. The normalized spacial score (nSPS) is 26.0. The summed E-state index contributed by atoms with van der Waals surface area (Å²) in [7, 11) is 1.92. The van der Waals surface area contributed by atoms with Crippen LogP contribution in [0.4, 0.5) is 0 Å². The van der Waals surface area contributed by atoms with Crippen molar-refractivity contribution in [3.63, 3.8) is 0 Å². The van der Waals surface area contributed by atoms with Crippen LogP contribution in [0.15, 0.2) is 12.1 Å². The van der Waals surface area contributed by atoms with Crippen LogP contribution in [0.1, 0.15) is 49.1 Å². The molecule has 21 heavy (non-hydrogen) atoms. The number of benzene rings is 1. The molecule has 1 fully saturated rings. The lowest BCUT2D eigenvalue weighted by atomic mass is 9.82. The number of hydrogen-bond acceptors (Lipinski definition) is 4. The van der Waals surface area contributed by atoms with Gasteiger partial charge in [-0.3, -0.25) is 0 Å². The van der Waals surface area contributed by atoms with Crippen molar-refractivity contribution in [2.75, 3.05) is 13.6 Å². The standard InChI is InChI=1S/C17H25NO3/c1-18-9-13-15(8-11-4-2-3-5-11)21-10-12-6-7-14(19)17(20)16(12)13/h6-7,11,13,15,18-20H,2-5,8-10H2,1H3. The van der Waals surface area contributed by atoms with E-state index in [4.69, 9.17) is 4.74 Å². The second kappa shape index (κ2) is 6.24. The number of hydrogen-bond donors (Lipinski definition) is 3. The molecule has 1 aromatic carbocycles. The fraction of sp³-hybridized carbons (Fsp3) is 0.647. The van der Waals surface area contributed by atoms with Gasteiger partial charge < -0.3 is 20.3 Å². The summed E-state index contributed by atoms with van der Waals surface area (Å²) in [6, 6.07) is 3.41. The maximum Gasteiger partial charge on any atom is 0.161 e. The lowest BCUT2D eigenvalue weighted by Crippen LogP contribution is -2.35. The molecule has 2 atom stereocenters. The zero-order valence-electron chi connectivity index (χ0n) is 12.6. The molecular formula is C17H25NO3. The summed E-state index contributed by atoms with van der Waals surface area (Å²) < 4.78 is 6.09. The molecule has 4 nitrogen and oxygen atoms in total. The van der Waals surface area contributed by atoms with Crippen molar-refractivity contribution in [2.45, 2.75) is 50.7 Å². The van der Waals surface area contributed by atoms with Crippen molar-refractivity contribution in [2.24, 2.45) is 5.92 Å². The molecule has 0 saturated heterocycles. The molecule has 0 amide bonds. The van der Waals surface area contributed by atoms with Gasteiger partial charge in [-0.1, -0.05) is 31.7 Å². The molecule has 1 saturated carbocycles. The van der Waals surface area contributed by atoms with E-state index in [2.05, 4.69) is 5.32 Å². The Balaban J connectivity index is 1.87. The van der Waals surface area contributed by atoms with Crippen LogP contribution in [0.2, 0.25) is 0 Å². The van der Waals surface area contributed by atoms with Crippen molar-refractivity contribution < 1.29 is 14.9 Å². The number of phenolic OH excluding ortho intramolecular Hbond substituents is 2. The van der Waals surface area contributed by atoms with E-state index in [1.54, 1.807) is 6.07 Å². The fourth-order valence-corrected chi connectivity index (χ4v) is 3.94. The van der Waals surface area contributed by atoms with Crippen LogP contribution in [-0.4, -0.2) is 29.9 Å². The highest BCUT2D eigenvalue weighted by atomic mass is 16.5. The van der Waals surface area contributed by atoms with Crippen LogP contribution in [0.3, 0.4) is 0 Å². The van der Waals surface area contributed by atoms with Gasteiger partial charge in [0.25, 0.3) is 0 Å². The lowest BCUT2D eigenvalue weighted by molar-refractivity contribution is -0.00721. The topological polar surface area (TPSA) is 61.7 Å². The summed E-state index contributed by atoms with van der Waals surface area (Å²) in [6.45, 7) is 1.28. The van der Waals surface area contributed by atoms with Gasteiger partial charge in [-0.15, -0.1) is 0 Å². The van der Waals surface area contributed by atoms with E-state index in [1.165, 1.54) is 25.7 Å². The maximum atomic E-state index is 10.3. The minimum Gasteiger partial charge on any atom is -0.504 e. The third-order valence-electron chi connectivity index (χ3n) is 5.02. The molecule has 1 aromatic rings. The van der Waals surface area contributed by atoms with Crippen molar-refractivity contribution in [3.8, 4) is 11.5 Å². The van der Waals surface area contributed by atoms with E-state index < -0.39 is 0 Å². The Bertz CT molecular complexity index is 497. The van der Waals surface area contributed by atoms with Crippen molar-refractivity contribution in [1.29, 1.82) is 0 Å². The minimum absolute atomic E-state index is 0.0311. The van der Waals surface area contributed by atoms with E-state index in [9.17, 15) is 10.2 Å². The number of phenols is 2. The zero-order valence-corrected chi connectivity index (χ0v) is 12.6. The molecule has 3 N–H and O–H groups in total. The number of nitrogens with one attached hydrogen (secondary N) is 1. The van der Waals surface area contributed by atoms with Crippen LogP contribution in [0.5, 0.6) is 11.5 Å². The van der Waals surface area contributed by atoms with Crippen LogP contribution >= 0.6 is 0 Å². The summed E-state index contributed by atoms with van der Waals surface area (Å²) in [6.07, 6.45) is 6.44. The number of fused-ring (bicyclic) bond motifs is 1. The van der Waals surface area contributed by atoms with E-state index >= 15 is 0 Å². The SMILES string of the molecule is CNCC1c2c(ccc(O)c2O)COC1CC1CCCC1. The Hall–Kier alpha value is -1.26. The first kappa shape index (κ1) is 14.7. The molecule has 116 valence electrons. The second-order valence-corrected chi connectivity index (χ2v) is 6.41. The monoisotopic (exact) mass is 291 g/mol. The van der Waals surface area contributed by atoms with Crippen LogP contribution in [0.25, 0.3) is 0 Å². The summed E-state index contributed by atoms with van der Waals surface area (Å²) in [4.78, 5) is 0. The Morgan fingerprint density at radius 2 is 2.00 bits per heavy atom. The Labute approximate surface area is 126 Å². The molecule has 1 aliphatic heterocycles. The summed E-state index contributed by atoms with van der Waals surface area (Å²) >= 11 is 0. The average Bonchev–Trinajstić information content (AvgIpc) is 2.98. The van der Waals surface area contributed by atoms with Gasteiger partial charge in [0.15, 0.2) is 11.5 Å². The predicted octanol–water partition coefficient (Wildman–Crippen LogP) is 2.88. The third-order valence-corrected chi connectivity index (χ3v) is 5.02. The van der Waals surface area contributed by atoms with Crippen molar-refractivity contribution >= 4 is 0 Å². The van der Waals surface area contributed by atoms with Crippen LogP contribution < -0.4 is 5.32 Å². The summed E-state index contributed by atoms with van der Waals surface area (Å²) in [5.74, 6) is 0.852. The number of aromatic hydroxyl groups is 2. The quantitative estimate of drug-likeness (QED) is 0.747. The van der Waals surface area contributed by atoms with Gasteiger partial charge in [-0.05, 0) is 31.0 Å². The van der Waals surface area contributed by atoms with Crippen LogP contribution in [-0.2, 0) is 11.3 Å². The van der Waals surface area contributed by atoms with E-state index in [-0.39, 0.29) is 23.5 Å². The largest absolute Gasteiger partial charge is 0.504 e. The first-order valence-electron chi connectivity index (χ1n) is 8.00. The predicted molar refractivity (Wildman–Crippen MR) is 81.6 cm³/mol. The molecular weight excluding hydrogens is 266 g/mol. The highest BCUT2D eigenvalue weighted by molar-refractivity contribution is 5.52. The Morgan fingerprint density at radius 1 is 1.24 bits per heavy atom. The Morgan fingerprint density at radius 3 is 2.71 bits per heavy atom. The molecule has 0 bridgehead atoms. The van der Waals surface area contributed by atoms with Gasteiger partial charge in [0.2, 0.25) is 0 Å². The van der Waals surface area contributed by atoms with E-state index in [1.807, 2.05) is 13.1 Å². The van der Waals surface area contributed by atoms with Crippen molar-refractivity contribution in [3.05, 3.63) is 23.3 Å². The minimum atomic E-state index is -0.0311. The second-order valence-electron chi connectivity index (χ2n) is 6.41. The maximum absolute atomic E-state index is 10.3. The summed E-state index contributed by atoms with van der Waals surface area (Å²) in [5, 5.41) is 23.3. The van der Waals surface area contributed by atoms with Gasteiger partial charge in [-0.2, -0.15) is 0 Å². The van der Waals surface area contributed by atoms with E-state index in [0.717, 1.165) is 30.0 Å². The number of ether oxygens (including phenoxy) is 1. The molecule has 0 radical (unpaired) electrons. The molecule has 0 spiro atoms. The highest BCUT2D eigenvalue weighted by Crippen LogP contribution is 2.44. The third kappa shape index (κ3) is 2.87. The highest BCUT2D eigenvalue weighted by Gasteiger charge is 2.35. The van der Waals surface area contributed by atoms with E-state index in [0.29, 0.717) is 6.61 Å². The first-order valence-corrected chi connectivity index (χ1v) is 8.00. The van der Waals surface area contributed by atoms with Gasteiger partial charge >= 0.3 is 0 Å². The van der Waals surface area contributed by atoms with Gasteiger partial charge in [0, 0.05) is 18.0 Å².